The standard InChI is InChI=1S/C16H5F25O2.C12H5F17O2/c1-3(4(42)43)2-5(17,18)6(19,20)7(21,22)8(23,24)9(25,26)10(27,28)11(29,30)12(31,32)13(33,34)14(35,36)15(37,38)16(39,40)41;1-3(4(30)31)2-5(13,14)6(15,16)7(17,18)8(19,20)9(21,22)10(23,24)11(25,26)12(27,28)29/h1-2H2,(H,42,43);1-2H2,(H,30,31). The molecule has 0 aliphatic heterocycles. The summed E-state index contributed by atoms with van der Waals surface area (Å²) in [6.45, 7) is 4.07. The van der Waals surface area contributed by atoms with E-state index in [1.165, 1.54) is 0 Å². The highest BCUT2D eigenvalue weighted by Crippen LogP contribution is 2.69. The molecule has 440 valence electrons. The molecule has 0 aromatic carbocycles. The number of rotatable bonds is 22. The van der Waals surface area contributed by atoms with Gasteiger partial charge in [0.05, 0.1) is 0 Å². The molecule has 0 fully saturated rings. The molecule has 46 heteroatoms. The van der Waals surface area contributed by atoms with Crippen LogP contribution in [0, 0.1) is 0 Å². The maximum Gasteiger partial charge on any atom is 0.460 e. The molecule has 0 saturated heterocycles. The summed E-state index contributed by atoms with van der Waals surface area (Å²) >= 11 is 0. The van der Waals surface area contributed by atoms with Gasteiger partial charge in [0.25, 0.3) is 0 Å². The molecule has 0 bridgehead atoms. The van der Waals surface area contributed by atoms with Gasteiger partial charge in [0.15, 0.2) is 0 Å². The number of carbonyl (C=O) groups is 2. The summed E-state index contributed by atoms with van der Waals surface area (Å²) in [6, 6.07) is 0. The fourth-order valence-corrected chi connectivity index (χ4v) is 4.09. The molecule has 0 aromatic rings. The van der Waals surface area contributed by atoms with Gasteiger partial charge in [-0.25, -0.2) is 9.59 Å². The molecular weight excluding hydrogens is 1200 g/mol. The second kappa shape index (κ2) is 18.6. The highest BCUT2D eigenvalue weighted by molar-refractivity contribution is 5.86. The number of hydrogen-bond donors (Lipinski definition) is 2. The number of hydrogen-bond acceptors (Lipinski definition) is 2. The van der Waals surface area contributed by atoms with Crippen LogP contribution in [-0.2, 0) is 9.59 Å². The number of carboxylic acid groups (broad SMARTS) is 2. The molecule has 0 aromatic heterocycles. The Hall–Kier alpha value is -4.52. The van der Waals surface area contributed by atoms with E-state index in [0.29, 0.717) is 0 Å². The number of carboxylic acids is 2. The van der Waals surface area contributed by atoms with E-state index in [1.54, 1.807) is 0 Å². The monoisotopic (exact) mass is 1210 g/mol. The first-order chi connectivity index (χ1) is 31.2. The minimum absolute atomic E-state index is 1.97. The molecule has 0 atom stereocenters. The average Bonchev–Trinajstić information content (AvgIpc) is 3.15. The fourth-order valence-electron chi connectivity index (χ4n) is 4.09. The first kappa shape index (κ1) is 71.6. The molecule has 0 rings (SSSR count). The first-order valence-corrected chi connectivity index (χ1v) is 15.9. The van der Waals surface area contributed by atoms with Crippen molar-refractivity contribution in [1.29, 1.82) is 0 Å². The number of halogens is 42. The molecule has 0 heterocycles. The second-order valence-corrected chi connectivity index (χ2v) is 13.8. The van der Waals surface area contributed by atoms with Gasteiger partial charge in [-0.15, -0.1) is 0 Å². The van der Waals surface area contributed by atoms with Gasteiger partial charge in [-0.3, -0.25) is 0 Å². The third-order valence-electron chi connectivity index (χ3n) is 8.63. The Morgan fingerprint density at radius 2 is 0.338 bits per heavy atom. The average molecular weight is 1210 g/mol. The zero-order valence-electron chi connectivity index (χ0n) is 32.4. The van der Waals surface area contributed by atoms with Gasteiger partial charge in [0.2, 0.25) is 0 Å². The van der Waals surface area contributed by atoms with Crippen LogP contribution in [0.25, 0.3) is 0 Å². The van der Waals surface area contributed by atoms with Crippen molar-refractivity contribution in [1.82, 2.24) is 0 Å². The highest BCUT2D eigenvalue weighted by Gasteiger charge is 3.00. The molecule has 0 amide bonds. The summed E-state index contributed by atoms with van der Waals surface area (Å²) in [5.74, 6) is -162. The Bertz CT molecular complexity index is 2080. The van der Waals surface area contributed by atoms with Crippen molar-refractivity contribution in [3.05, 3.63) is 24.3 Å². The summed E-state index contributed by atoms with van der Waals surface area (Å²) in [6.07, 6.45) is -22.7. The molecule has 2 N–H and O–H groups in total. The van der Waals surface area contributed by atoms with Crippen molar-refractivity contribution in [2.75, 3.05) is 0 Å². The lowest BCUT2D eigenvalue weighted by atomic mass is 9.84. The number of aliphatic carboxylic acids is 2. The van der Waals surface area contributed by atoms with Crippen LogP contribution in [0.2, 0.25) is 0 Å². The predicted molar refractivity (Wildman–Crippen MR) is 144 cm³/mol. The summed E-state index contributed by atoms with van der Waals surface area (Å²) in [4.78, 5) is 20.5. The summed E-state index contributed by atoms with van der Waals surface area (Å²) in [5, 5.41) is 16.3. The smallest absolute Gasteiger partial charge is 0.460 e. The second-order valence-electron chi connectivity index (χ2n) is 13.8. The van der Waals surface area contributed by atoms with E-state index in [4.69, 9.17) is 10.2 Å². The van der Waals surface area contributed by atoms with Crippen LogP contribution in [0.1, 0.15) is 12.8 Å². The minimum atomic E-state index is -9.66. The van der Waals surface area contributed by atoms with E-state index in [0.717, 1.165) is 0 Å². The summed E-state index contributed by atoms with van der Waals surface area (Å²) < 4.78 is 551. The van der Waals surface area contributed by atoms with Gasteiger partial charge in [-0.1, -0.05) is 13.2 Å². The lowest BCUT2D eigenvalue weighted by Gasteiger charge is -2.45. The van der Waals surface area contributed by atoms with Crippen molar-refractivity contribution < 1.29 is 204 Å². The van der Waals surface area contributed by atoms with Gasteiger partial charge in [-0.2, -0.15) is 184 Å². The van der Waals surface area contributed by atoms with E-state index >= 15 is 0 Å². The normalized spacial score (nSPS) is 16.1. The largest absolute Gasteiger partial charge is 0.478 e. The van der Waals surface area contributed by atoms with E-state index in [-0.39, 0.29) is 0 Å². The van der Waals surface area contributed by atoms with Crippen molar-refractivity contribution in [3.63, 3.8) is 0 Å². The van der Waals surface area contributed by atoms with Gasteiger partial charge in [-0.05, 0) is 0 Å². The molecule has 74 heavy (non-hydrogen) atoms. The van der Waals surface area contributed by atoms with E-state index in [9.17, 15) is 194 Å². The summed E-state index contributed by atoms with van der Waals surface area (Å²) in [5.41, 5.74) is -4.49. The molecule has 0 aliphatic carbocycles. The maximum absolute atomic E-state index is 13.7. The third-order valence-corrected chi connectivity index (χ3v) is 8.63. The Kier molecular flexibility index (Phi) is 18.0. The topological polar surface area (TPSA) is 74.6 Å². The van der Waals surface area contributed by atoms with Crippen LogP contribution < -0.4 is 0 Å². The van der Waals surface area contributed by atoms with Gasteiger partial charge in [0.1, 0.15) is 0 Å². The summed E-state index contributed by atoms with van der Waals surface area (Å²) in [7, 11) is 0. The van der Waals surface area contributed by atoms with Crippen LogP contribution in [0.4, 0.5) is 184 Å². The lowest BCUT2D eigenvalue weighted by molar-refractivity contribution is -0.482. The first-order valence-electron chi connectivity index (χ1n) is 15.9. The van der Waals surface area contributed by atoms with Gasteiger partial charge in [0, 0.05) is 24.0 Å². The quantitative estimate of drug-likeness (QED) is 0.0837. The molecule has 0 unspecified atom stereocenters. The van der Waals surface area contributed by atoms with Crippen LogP contribution in [-0.4, -0.2) is 141 Å². The van der Waals surface area contributed by atoms with E-state index in [1.807, 2.05) is 6.58 Å². The van der Waals surface area contributed by atoms with Gasteiger partial charge < -0.3 is 10.2 Å². The van der Waals surface area contributed by atoms with Crippen LogP contribution in [0.3, 0.4) is 0 Å². The molecule has 0 radical (unpaired) electrons. The molecule has 0 spiro atoms. The Morgan fingerprint density at radius 3 is 0.446 bits per heavy atom. The highest BCUT2D eigenvalue weighted by atomic mass is 19.5. The van der Waals surface area contributed by atoms with Crippen LogP contribution in [0.5, 0.6) is 0 Å². The van der Waals surface area contributed by atoms with Gasteiger partial charge >= 0.3 is 131 Å². The predicted octanol–water partition coefficient (Wildman–Crippen LogP) is 14.6. The van der Waals surface area contributed by atoms with Crippen molar-refractivity contribution in [2.45, 2.75) is 132 Å². The zero-order valence-corrected chi connectivity index (χ0v) is 32.4. The third kappa shape index (κ3) is 9.69. The van der Waals surface area contributed by atoms with Crippen molar-refractivity contribution >= 4 is 11.9 Å². The molecular formula is C28H10F42O4. The van der Waals surface area contributed by atoms with E-state index in [2.05, 4.69) is 6.58 Å². The van der Waals surface area contributed by atoms with Crippen molar-refractivity contribution in [3.8, 4) is 0 Å². The SMILES string of the molecule is C=C(CC(F)(F)C(F)(F)C(F)(F)C(F)(F)C(F)(F)C(F)(F)C(F)(F)C(F)(F)C(F)(F)C(F)(F)C(F)(F)C(F)(F)F)C(=O)O.C=C(CC(F)(F)C(F)(F)C(F)(F)C(F)(F)C(F)(F)C(F)(F)C(F)(F)C(F)(F)F)C(=O)O. The van der Waals surface area contributed by atoms with E-state index < -0.39 is 155 Å². The van der Waals surface area contributed by atoms with Crippen LogP contribution in [0.15, 0.2) is 24.3 Å². The Balaban J connectivity index is 0. The molecule has 0 aliphatic rings. The number of alkyl halides is 42. The fraction of sp³-hybridized carbons (Fsp3) is 0.786. The molecule has 0 saturated carbocycles. The van der Waals surface area contributed by atoms with Crippen LogP contribution >= 0.6 is 0 Å². The zero-order chi connectivity index (χ0) is 61.7. The Labute approximate surface area is 373 Å². The van der Waals surface area contributed by atoms with Crippen molar-refractivity contribution in [2.24, 2.45) is 0 Å². The maximum atomic E-state index is 13.7. The minimum Gasteiger partial charge on any atom is -0.478 e. The Morgan fingerprint density at radius 1 is 0.230 bits per heavy atom. The lowest BCUT2D eigenvalue weighted by Crippen LogP contribution is -2.78. The molecule has 4 nitrogen and oxygen atoms in total.